The fourth-order valence-corrected chi connectivity index (χ4v) is 17.7. The number of aryl methyl sites for hydroxylation is 8. The summed E-state index contributed by atoms with van der Waals surface area (Å²) in [6.07, 6.45) is 10.4. The fourth-order valence-electron chi connectivity index (χ4n) is 13.3. The number of carbonyl (C=O) groups excluding carboxylic acids is 3. The molecule has 0 saturated carbocycles. The number of halogens is 6. The van der Waals surface area contributed by atoms with Crippen LogP contribution in [0.25, 0.3) is 43.6 Å². The number of aliphatic carboxylic acids is 1. The Morgan fingerprint density at radius 3 is 1.24 bits per heavy atom. The fraction of sp³-hybridized carbons (Fsp3) is 0.204. The molecule has 0 saturated heterocycles. The number of allylic oxidation sites excluding steroid dienone is 4. The van der Waals surface area contributed by atoms with Crippen LogP contribution < -0.4 is 4.72 Å². The van der Waals surface area contributed by atoms with Crippen molar-refractivity contribution in [3.63, 3.8) is 0 Å². The highest BCUT2D eigenvalue weighted by atomic mass is 127. The Hall–Kier alpha value is -10.6. The lowest BCUT2D eigenvalue weighted by Crippen LogP contribution is -2.14. The third-order valence-electron chi connectivity index (χ3n) is 19.4. The maximum atomic E-state index is 13.2. The van der Waals surface area contributed by atoms with Crippen LogP contribution in [0, 0.1) is 91.6 Å². The molecule has 125 heavy (non-hydrogen) atoms. The molecule has 0 aliphatic rings. The molecule has 0 bridgehead atoms. The number of carboxylic acid groups (broad SMARTS) is 1. The Kier molecular flexibility index (Phi) is 42.2. The molecule has 0 amide bonds. The molecule has 4 heterocycles. The van der Waals surface area contributed by atoms with Gasteiger partial charge in [-0.15, -0.1) is 26.3 Å². The van der Waals surface area contributed by atoms with Gasteiger partial charge in [-0.1, -0.05) is 205 Å². The van der Waals surface area contributed by atoms with E-state index >= 15 is 0 Å². The summed E-state index contributed by atoms with van der Waals surface area (Å²) in [5.41, 5.74) is 21.4. The van der Waals surface area contributed by atoms with Gasteiger partial charge in [-0.2, -0.15) is 0 Å². The van der Waals surface area contributed by atoms with Crippen LogP contribution in [0.1, 0.15) is 151 Å². The molecule has 14 nitrogen and oxygen atoms in total. The lowest BCUT2D eigenvalue weighted by Gasteiger charge is -2.10. The summed E-state index contributed by atoms with van der Waals surface area (Å²) in [6, 6.07) is 63.7. The molecule has 0 unspecified atom stereocenters. The number of alkyl halides is 1. The summed E-state index contributed by atoms with van der Waals surface area (Å²) >= 11 is 27.8. The van der Waals surface area contributed by atoms with Crippen molar-refractivity contribution in [1.29, 1.82) is 0 Å². The summed E-state index contributed by atoms with van der Waals surface area (Å²) in [5.74, 6) is 4.56. The van der Waals surface area contributed by atoms with Gasteiger partial charge in [0.2, 0.25) is 0 Å². The highest BCUT2D eigenvalue weighted by Crippen LogP contribution is 2.35. The van der Waals surface area contributed by atoms with Gasteiger partial charge in [0, 0.05) is 91.6 Å². The molecule has 22 heteroatoms. The Morgan fingerprint density at radius 1 is 0.448 bits per heavy atom. The molecule has 4 aromatic heterocycles. The Morgan fingerprint density at radius 2 is 0.816 bits per heavy atom. The molecular weight excluding hydrogens is 1860 g/mol. The standard InChI is InChI=1S/C20H18ClNO.C20H21NO2S.C19H16ClNO3.C14H14INO2S.C13H15N.C7H4Cl2O.C6H7Br.4CH4/c1-4-5-17-14(3)22(19-11-6-13(2)12-18(17)19)20(23)15-7-9-16(21)10-8-15;1-5-6-18-16(4)21(20-12-9-15(3)13-19(18)20)24(22,23)17-10-7-14(2)8-11-17;1-11-3-8-17-16(9-11)15(10-18(22)23)12(2)21(17)19(24)13-4-6-14(20)7-5-13;1-10-3-6-12(7-4-10)19(17,18)16-14-8-5-11(2)9-13(14)15;1-4-5-11-10(3)14-13-7-6-9(2)8-12(11)13;8-6-3-1-5(2-4-6)7(9)10;1-2-3-4-5-6-7;;;;/h4,6-12H,1,5H2,2-3H3;5,7-13H,1,6H2,2-4H3;3-9H,10H2,1-2H3,(H,22,23);3-9,16H,1-2H3;4,6-8,14H,1,5H2,2-3H3;1-4H;2H,1,3,6H2;4*1H4. The molecule has 10 aromatic carbocycles. The Labute approximate surface area is 781 Å². The smallest absolute Gasteiger partial charge is 0.307 e. The quantitative estimate of drug-likeness (QED) is 0.0261. The lowest BCUT2D eigenvalue weighted by atomic mass is 10.1. The third-order valence-corrected chi connectivity index (χ3v) is 24.8. The third kappa shape index (κ3) is 28.0. The Balaban J connectivity index is 0.000000313. The highest BCUT2D eigenvalue weighted by molar-refractivity contribution is 14.1. The number of H-pyrrole nitrogens is 1. The van der Waals surface area contributed by atoms with E-state index in [1.165, 1.54) is 37.3 Å². The molecule has 3 N–H and O–H groups in total. The van der Waals surface area contributed by atoms with Crippen LogP contribution >= 0.6 is 84.9 Å². The van der Waals surface area contributed by atoms with Gasteiger partial charge in [-0.3, -0.25) is 33.0 Å². The van der Waals surface area contributed by atoms with Crippen LogP contribution in [0.2, 0.25) is 15.1 Å². The van der Waals surface area contributed by atoms with Gasteiger partial charge >= 0.3 is 5.97 Å². The van der Waals surface area contributed by atoms with Gasteiger partial charge in [0.15, 0.2) is 0 Å². The number of rotatable bonds is 17. The predicted molar refractivity (Wildman–Crippen MR) is 542 cm³/mol. The SMILES string of the molecule is C.C.C.C.C=CCC#CCBr.C=CCc1c(C)[nH]c2ccc(C)cc12.C=CCc1c(C)n(C(=O)c2ccc(Cl)cc2)c2ccc(C)cc12.C=CCc1c(C)n(S(=O)(=O)c2ccc(C)cc2)c2ccc(C)cc12.Cc1ccc(S(=O)(=O)Nc2ccc(C)cc2I)cc1.Cc1ccc2c(c1)c(CC(=O)O)c(C)n2C(=O)c1ccc(Cl)cc1.O=C(Cl)c1ccc(Cl)cc1. The summed E-state index contributed by atoms with van der Waals surface area (Å²) in [5, 5.41) is 15.5. The Bertz CT molecular complexity index is 6480. The number of benzene rings is 10. The number of hydrogen-bond acceptors (Lipinski definition) is 8. The molecular formula is C103H111BrCl4IN5O9S2. The van der Waals surface area contributed by atoms with Gasteiger partial charge in [0.1, 0.15) is 0 Å². The van der Waals surface area contributed by atoms with Gasteiger partial charge in [-0.25, -0.2) is 20.8 Å². The minimum Gasteiger partial charge on any atom is -0.481 e. The van der Waals surface area contributed by atoms with E-state index in [1.54, 1.807) is 137 Å². The van der Waals surface area contributed by atoms with Crippen molar-refractivity contribution in [1.82, 2.24) is 18.1 Å². The normalized spacial score (nSPS) is 10.4. The predicted octanol–water partition coefficient (Wildman–Crippen LogP) is 28.5. The van der Waals surface area contributed by atoms with E-state index in [0.717, 1.165) is 106 Å². The number of hydrogen-bond donors (Lipinski definition) is 3. The van der Waals surface area contributed by atoms with E-state index < -0.39 is 31.3 Å². The molecule has 0 atom stereocenters. The molecule has 656 valence electrons. The minimum absolute atomic E-state index is 0. The number of anilines is 1. The van der Waals surface area contributed by atoms with Gasteiger partial charge in [-0.05, 0) is 315 Å². The summed E-state index contributed by atoms with van der Waals surface area (Å²) in [7, 11) is -7.16. The maximum Gasteiger partial charge on any atom is 0.307 e. The molecule has 0 radical (unpaired) electrons. The zero-order chi connectivity index (χ0) is 88.7. The zero-order valence-electron chi connectivity index (χ0n) is 69.2. The van der Waals surface area contributed by atoms with Crippen molar-refractivity contribution in [2.45, 2.75) is 148 Å². The zero-order valence-corrected chi connectivity index (χ0v) is 77.6. The number of fused-ring (bicyclic) bond motifs is 4. The van der Waals surface area contributed by atoms with Gasteiger partial charge < -0.3 is 10.1 Å². The number of aromatic nitrogens is 4. The number of carbonyl (C=O) groups is 4. The first-order valence-corrected chi connectivity index (χ1v) is 44.9. The topological polar surface area (TPSA) is 199 Å². The van der Waals surface area contributed by atoms with Crippen LogP contribution in [-0.2, 0) is 50.5 Å². The lowest BCUT2D eigenvalue weighted by molar-refractivity contribution is -0.136. The summed E-state index contributed by atoms with van der Waals surface area (Å²) < 4.78 is 59.2. The second-order valence-electron chi connectivity index (χ2n) is 28.6. The van der Waals surface area contributed by atoms with Crippen LogP contribution in [0.4, 0.5) is 5.69 Å². The first kappa shape index (κ1) is 107. The average molecular weight is 1980 g/mol. The molecule has 0 fully saturated rings. The number of nitrogens with one attached hydrogen (secondary N) is 2. The van der Waals surface area contributed by atoms with Crippen molar-refractivity contribution in [3.8, 4) is 11.8 Å². The average Bonchev–Trinajstić information content (AvgIpc) is 1.60. The van der Waals surface area contributed by atoms with Crippen LogP contribution in [0.5, 0.6) is 0 Å². The summed E-state index contributed by atoms with van der Waals surface area (Å²) in [6.45, 7) is 36.7. The molecule has 14 rings (SSSR count). The summed E-state index contributed by atoms with van der Waals surface area (Å²) in [4.78, 5) is 51.6. The van der Waals surface area contributed by atoms with Crippen LogP contribution in [0.3, 0.4) is 0 Å². The highest BCUT2D eigenvalue weighted by Gasteiger charge is 2.27. The molecule has 0 aliphatic heterocycles. The van der Waals surface area contributed by atoms with Crippen LogP contribution in [0.15, 0.2) is 273 Å². The first-order chi connectivity index (χ1) is 57.5. The van der Waals surface area contributed by atoms with E-state index in [1.807, 2.05) is 139 Å². The van der Waals surface area contributed by atoms with E-state index in [-0.39, 0.29) is 52.8 Å². The van der Waals surface area contributed by atoms with Gasteiger partial charge in [0.05, 0.1) is 43.8 Å². The largest absolute Gasteiger partial charge is 0.481 e. The van der Waals surface area contributed by atoms with E-state index in [4.69, 9.17) is 46.4 Å². The molecule has 14 aromatic rings. The van der Waals surface area contributed by atoms with E-state index in [0.29, 0.717) is 65.5 Å². The van der Waals surface area contributed by atoms with E-state index in [2.05, 4.69) is 131 Å². The van der Waals surface area contributed by atoms with Crippen molar-refractivity contribution in [3.05, 3.63) is 382 Å². The second-order valence-corrected chi connectivity index (χ2v) is 35.5. The number of nitrogens with zero attached hydrogens (tertiary/aromatic N) is 3. The second kappa shape index (κ2) is 49.4. The van der Waals surface area contributed by atoms with Crippen LogP contribution in [-0.4, -0.2) is 68.4 Å². The molecule has 0 aliphatic carbocycles. The van der Waals surface area contributed by atoms with Crippen molar-refractivity contribution in [2.75, 3.05) is 10.1 Å². The number of carboxylic acids is 1. The van der Waals surface area contributed by atoms with Gasteiger partial charge in [0.25, 0.3) is 37.1 Å². The van der Waals surface area contributed by atoms with E-state index in [9.17, 15) is 41.1 Å². The minimum atomic E-state index is -3.64. The molecule has 0 spiro atoms. The monoisotopic (exact) mass is 1970 g/mol. The van der Waals surface area contributed by atoms with Crippen molar-refractivity contribution in [2.24, 2.45) is 0 Å². The first-order valence-electron chi connectivity index (χ1n) is 38.3. The number of sulfonamides is 1. The maximum absolute atomic E-state index is 13.2. The number of aromatic amines is 1. The van der Waals surface area contributed by atoms with Crippen molar-refractivity contribution >= 4 is 177 Å². The van der Waals surface area contributed by atoms with Crippen molar-refractivity contribution < 1.29 is 41.1 Å².